The van der Waals surface area contributed by atoms with Gasteiger partial charge in [0, 0.05) is 25.7 Å². The van der Waals surface area contributed by atoms with Crippen LogP contribution < -0.4 is 0 Å². The van der Waals surface area contributed by atoms with Crippen LogP contribution >= 0.6 is 15.6 Å². The third kappa shape index (κ3) is 60.5. The minimum Gasteiger partial charge on any atom is -0.462 e. The zero-order valence-electron chi connectivity index (χ0n) is 54.8. The molecule has 0 aliphatic rings. The number of aliphatic hydroxyl groups excluding tert-OH is 1. The first-order valence-corrected chi connectivity index (χ1v) is 37.6. The van der Waals surface area contributed by atoms with Gasteiger partial charge in [-0.15, -0.1) is 0 Å². The van der Waals surface area contributed by atoms with E-state index in [0.29, 0.717) is 25.7 Å². The minimum atomic E-state index is -4.95. The topological polar surface area (TPSA) is 237 Å². The van der Waals surface area contributed by atoms with Gasteiger partial charge in [-0.25, -0.2) is 9.13 Å². The first kappa shape index (κ1) is 83.5. The van der Waals surface area contributed by atoms with Gasteiger partial charge in [0.15, 0.2) is 12.2 Å². The highest BCUT2D eigenvalue weighted by Gasteiger charge is 2.30. The zero-order valence-corrected chi connectivity index (χ0v) is 56.6. The first-order valence-electron chi connectivity index (χ1n) is 34.6. The van der Waals surface area contributed by atoms with Crippen molar-refractivity contribution >= 4 is 39.5 Å². The summed E-state index contributed by atoms with van der Waals surface area (Å²) in [6.45, 7) is 4.79. The van der Waals surface area contributed by atoms with E-state index in [9.17, 15) is 43.2 Å². The van der Waals surface area contributed by atoms with Gasteiger partial charge in [0.05, 0.1) is 26.4 Å². The van der Waals surface area contributed by atoms with E-state index in [1.165, 1.54) is 116 Å². The molecule has 0 aliphatic carbocycles. The van der Waals surface area contributed by atoms with Gasteiger partial charge in [-0.2, -0.15) is 0 Å². The smallest absolute Gasteiger partial charge is 0.462 e. The predicted octanol–water partition coefficient (Wildman–Crippen LogP) is 18.7. The van der Waals surface area contributed by atoms with Gasteiger partial charge in [-0.1, -0.05) is 270 Å². The van der Waals surface area contributed by atoms with E-state index in [2.05, 4.69) is 52.0 Å². The molecule has 0 amide bonds. The minimum absolute atomic E-state index is 0.102. The molecule has 0 fully saturated rings. The number of ether oxygens (including phenoxy) is 4. The Morgan fingerprint density at radius 3 is 0.849 bits per heavy atom. The molecule has 0 aliphatic heterocycles. The van der Waals surface area contributed by atoms with Gasteiger partial charge >= 0.3 is 39.5 Å². The lowest BCUT2D eigenvalue weighted by Gasteiger charge is -2.21. The van der Waals surface area contributed by atoms with Crippen LogP contribution in [0.3, 0.4) is 0 Å². The lowest BCUT2D eigenvalue weighted by Crippen LogP contribution is -2.30. The third-order valence-corrected chi connectivity index (χ3v) is 16.9. The highest BCUT2D eigenvalue weighted by Crippen LogP contribution is 2.45. The molecule has 19 heteroatoms. The molecule has 2 unspecified atom stereocenters. The van der Waals surface area contributed by atoms with Crippen molar-refractivity contribution in [3.63, 3.8) is 0 Å². The number of allylic oxidation sites excluding steroid dienone is 4. The summed E-state index contributed by atoms with van der Waals surface area (Å²) in [5, 5.41) is 10.5. The van der Waals surface area contributed by atoms with Crippen LogP contribution in [0, 0.1) is 0 Å². The number of phosphoric ester groups is 2. The SMILES string of the molecule is CCCCCC/C=C\C=C/CCCCCCCC(=O)OC[C@H](COP(=O)(O)OC[C@@H](O)COP(=O)(O)OC[C@@H](COC(=O)CCCCCCCCC)OC(=O)CCCCCCCCCC)OC(=O)CCCCCCCCCCCCCCCCCC. The summed E-state index contributed by atoms with van der Waals surface area (Å²) < 4.78 is 67.9. The van der Waals surface area contributed by atoms with Crippen molar-refractivity contribution in [2.45, 2.75) is 341 Å². The lowest BCUT2D eigenvalue weighted by atomic mass is 10.0. The van der Waals surface area contributed by atoms with E-state index >= 15 is 0 Å². The predicted molar refractivity (Wildman–Crippen MR) is 345 cm³/mol. The molecule has 0 aromatic rings. The Bertz CT molecular complexity index is 1750. The molecular weight excluding hydrogens is 1140 g/mol. The fraction of sp³-hybridized carbons (Fsp3) is 0.881. The largest absolute Gasteiger partial charge is 0.472 e. The molecule has 86 heavy (non-hydrogen) atoms. The molecule has 17 nitrogen and oxygen atoms in total. The average Bonchev–Trinajstić information content (AvgIpc) is 3.61. The number of carbonyl (C=O) groups is 4. The number of rotatable bonds is 66. The molecule has 0 aromatic heterocycles. The fourth-order valence-electron chi connectivity index (χ4n) is 9.62. The second-order valence-electron chi connectivity index (χ2n) is 23.5. The monoisotopic (exact) mass is 1260 g/mol. The van der Waals surface area contributed by atoms with Crippen molar-refractivity contribution < 1.29 is 80.2 Å². The number of phosphoric acid groups is 2. The summed E-state index contributed by atoms with van der Waals surface area (Å²) >= 11 is 0. The van der Waals surface area contributed by atoms with Crippen molar-refractivity contribution in [3.05, 3.63) is 24.3 Å². The molecule has 0 bridgehead atoms. The van der Waals surface area contributed by atoms with E-state index in [4.69, 9.17) is 37.0 Å². The van der Waals surface area contributed by atoms with Gasteiger partial charge < -0.3 is 33.8 Å². The van der Waals surface area contributed by atoms with Crippen LogP contribution in [0.15, 0.2) is 24.3 Å². The molecule has 0 heterocycles. The van der Waals surface area contributed by atoms with Gasteiger partial charge in [0.1, 0.15) is 19.3 Å². The lowest BCUT2D eigenvalue weighted by molar-refractivity contribution is -0.161. The Kier molecular flexibility index (Phi) is 59.6. The second-order valence-corrected chi connectivity index (χ2v) is 26.4. The Morgan fingerprint density at radius 2 is 0.558 bits per heavy atom. The quantitative estimate of drug-likeness (QED) is 0.0169. The molecule has 0 saturated carbocycles. The second kappa shape index (κ2) is 61.4. The van der Waals surface area contributed by atoms with E-state index in [1.54, 1.807) is 0 Å². The number of hydrogen-bond acceptors (Lipinski definition) is 15. The van der Waals surface area contributed by atoms with Gasteiger partial charge in [-0.3, -0.25) is 37.3 Å². The van der Waals surface area contributed by atoms with Crippen molar-refractivity contribution in [3.8, 4) is 0 Å². The highest BCUT2D eigenvalue weighted by molar-refractivity contribution is 7.47. The normalized spacial score (nSPS) is 14.3. The van der Waals surface area contributed by atoms with E-state index in [1.807, 2.05) is 0 Å². The fourth-order valence-corrected chi connectivity index (χ4v) is 11.2. The van der Waals surface area contributed by atoms with Crippen LogP contribution in [0.4, 0.5) is 0 Å². The Labute approximate surface area is 522 Å². The number of carbonyl (C=O) groups excluding carboxylic acids is 4. The first-order chi connectivity index (χ1) is 41.7. The summed E-state index contributed by atoms with van der Waals surface area (Å²) in [5.74, 6) is -2.16. The number of aliphatic hydroxyl groups is 1. The van der Waals surface area contributed by atoms with Crippen molar-refractivity contribution in [1.82, 2.24) is 0 Å². The molecule has 0 radical (unpaired) electrons. The molecule has 3 N–H and O–H groups in total. The van der Waals surface area contributed by atoms with Crippen molar-refractivity contribution in [1.29, 1.82) is 0 Å². The van der Waals surface area contributed by atoms with Crippen molar-refractivity contribution in [2.75, 3.05) is 39.6 Å². The van der Waals surface area contributed by atoms with Crippen LogP contribution in [0.5, 0.6) is 0 Å². The summed E-state index contributed by atoms with van der Waals surface area (Å²) in [6.07, 6.45) is 51.0. The highest BCUT2D eigenvalue weighted by atomic mass is 31.2. The maximum atomic E-state index is 13.0. The summed E-state index contributed by atoms with van der Waals surface area (Å²) in [4.78, 5) is 72.1. The third-order valence-electron chi connectivity index (χ3n) is 15.0. The molecule has 0 aromatic carbocycles. The van der Waals surface area contributed by atoms with Crippen LogP contribution in [0.2, 0.25) is 0 Å². The van der Waals surface area contributed by atoms with Crippen molar-refractivity contribution in [2.24, 2.45) is 0 Å². The molecule has 5 atom stereocenters. The molecule has 0 rings (SSSR count). The Morgan fingerprint density at radius 1 is 0.326 bits per heavy atom. The maximum absolute atomic E-state index is 13.0. The van der Waals surface area contributed by atoms with Crippen LogP contribution in [-0.4, -0.2) is 96.7 Å². The Balaban J connectivity index is 5.22. The van der Waals surface area contributed by atoms with Gasteiger partial charge in [-0.05, 0) is 51.4 Å². The van der Waals surface area contributed by atoms with E-state index < -0.39 is 97.5 Å². The maximum Gasteiger partial charge on any atom is 0.472 e. The molecule has 0 saturated heterocycles. The standard InChI is InChI=1S/C67H126O17P2/c1-5-9-13-17-21-24-26-28-30-32-34-36-38-42-46-50-54-67(72)84-63(58-78-65(70)52-48-44-41-37-35-33-31-29-27-25-22-18-14-10-6-2)60-82-86(75,76)80-56-61(68)55-79-85(73,74)81-59-62(57-77-64(69)51-47-43-39-20-16-12-8-4)83-66(71)53-49-45-40-23-19-15-11-7-3/h25,27,29,31,61-63,68H,5-24,26,28,30,32-60H2,1-4H3,(H,73,74)(H,75,76)/b27-25-,31-29-/t61-,62+,63+/m0/s1. The van der Waals surface area contributed by atoms with Gasteiger partial charge in [0.2, 0.25) is 0 Å². The average molecular weight is 1270 g/mol. The molecule has 0 spiro atoms. The van der Waals surface area contributed by atoms with E-state index in [0.717, 1.165) is 128 Å². The summed E-state index contributed by atoms with van der Waals surface area (Å²) in [7, 11) is -9.89. The zero-order chi connectivity index (χ0) is 63.3. The Hall–Kier alpha value is -2.46. The van der Waals surface area contributed by atoms with E-state index in [-0.39, 0.29) is 25.7 Å². The number of unbranched alkanes of at least 4 members (excludes halogenated alkanes) is 37. The van der Waals surface area contributed by atoms with Crippen LogP contribution in [-0.2, 0) is 65.4 Å². The molecular formula is C67H126O17P2. The molecule has 506 valence electrons. The summed E-state index contributed by atoms with van der Waals surface area (Å²) in [5.41, 5.74) is 0. The number of esters is 4. The van der Waals surface area contributed by atoms with Crippen LogP contribution in [0.25, 0.3) is 0 Å². The summed E-state index contributed by atoms with van der Waals surface area (Å²) in [6, 6.07) is 0. The number of hydrogen-bond donors (Lipinski definition) is 3. The van der Waals surface area contributed by atoms with Gasteiger partial charge in [0.25, 0.3) is 0 Å². The van der Waals surface area contributed by atoms with Crippen LogP contribution in [0.1, 0.15) is 323 Å².